The molecule has 106 valence electrons. The Morgan fingerprint density at radius 1 is 0.950 bits per heavy atom. The van der Waals surface area contributed by atoms with Gasteiger partial charge in [-0.05, 0) is 54.7 Å². The molecule has 2 N–H and O–H groups in total. The SMILES string of the molecule is COc1c(C)cc(C(N)c2ccc(C)c(F)c2)cc1C. The van der Waals surface area contributed by atoms with Crippen molar-refractivity contribution in [2.45, 2.75) is 26.8 Å². The van der Waals surface area contributed by atoms with E-state index in [1.54, 1.807) is 20.1 Å². The molecule has 2 aromatic rings. The second kappa shape index (κ2) is 5.63. The van der Waals surface area contributed by atoms with Crippen molar-refractivity contribution in [1.82, 2.24) is 0 Å². The van der Waals surface area contributed by atoms with E-state index in [1.807, 2.05) is 32.0 Å². The molecule has 0 aliphatic heterocycles. The van der Waals surface area contributed by atoms with E-state index in [2.05, 4.69) is 0 Å². The van der Waals surface area contributed by atoms with Crippen molar-refractivity contribution < 1.29 is 9.13 Å². The minimum Gasteiger partial charge on any atom is -0.496 e. The second-order valence-electron chi connectivity index (χ2n) is 5.17. The number of nitrogens with two attached hydrogens (primary N) is 1. The summed E-state index contributed by atoms with van der Waals surface area (Å²) in [4.78, 5) is 0. The Labute approximate surface area is 119 Å². The summed E-state index contributed by atoms with van der Waals surface area (Å²) >= 11 is 0. The highest BCUT2D eigenvalue weighted by Crippen LogP contribution is 2.29. The summed E-state index contributed by atoms with van der Waals surface area (Å²) in [5.41, 5.74) is 10.7. The smallest absolute Gasteiger partial charge is 0.126 e. The predicted molar refractivity (Wildman–Crippen MR) is 79.6 cm³/mol. The third-order valence-corrected chi connectivity index (χ3v) is 3.60. The molecule has 20 heavy (non-hydrogen) atoms. The van der Waals surface area contributed by atoms with Gasteiger partial charge in [0.2, 0.25) is 0 Å². The Balaban J connectivity index is 2.42. The predicted octanol–water partition coefficient (Wildman–Crippen LogP) is 3.81. The van der Waals surface area contributed by atoms with Crippen LogP contribution in [0.2, 0.25) is 0 Å². The van der Waals surface area contributed by atoms with E-state index in [1.165, 1.54) is 6.07 Å². The van der Waals surface area contributed by atoms with E-state index in [9.17, 15) is 4.39 Å². The van der Waals surface area contributed by atoms with Crippen molar-refractivity contribution >= 4 is 0 Å². The van der Waals surface area contributed by atoms with Crippen LogP contribution in [0.4, 0.5) is 4.39 Å². The van der Waals surface area contributed by atoms with E-state index in [4.69, 9.17) is 10.5 Å². The van der Waals surface area contributed by atoms with Gasteiger partial charge in [0.25, 0.3) is 0 Å². The molecule has 1 unspecified atom stereocenters. The summed E-state index contributed by atoms with van der Waals surface area (Å²) < 4.78 is 19.0. The Hall–Kier alpha value is -1.87. The Kier molecular flexibility index (Phi) is 4.09. The number of halogens is 1. The van der Waals surface area contributed by atoms with Crippen molar-refractivity contribution in [2.75, 3.05) is 7.11 Å². The number of rotatable bonds is 3. The van der Waals surface area contributed by atoms with Gasteiger partial charge in [0.1, 0.15) is 11.6 Å². The van der Waals surface area contributed by atoms with E-state index in [0.29, 0.717) is 5.56 Å². The van der Waals surface area contributed by atoms with Gasteiger partial charge in [-0.1, -0.05) is 24.3 Å². The van der Waals surface area contributed by atoms with Crippen LogP contribution < -0.4 is 10.5 Å². The molecule has 0 heterocycles. The summed E-state index contributed by atoms with van der Waals surface area (Å²) in [7, 11) is 1.66. The second-order valence-corrected chi connectivity index (χ2v) is 5.17. The summed E-state index contributed by atoms with van der Waals surface area (Å²) in [6.45, 7) is 5.71. The van der Waals surface area contributed by atoms with Gasteiger partial charge in [-0.2, -0.15) is 0 Å². The number of hydrogen-bond donors (Lipinski definition) is 1. The minimum atomic E-state index is -0.339. The molecule has 2 nitrogen and oxygen atoms in total. The lowest BCUT2D eigenvalue weighted by molar-refractivity contribution is 0.408. The average Bonchev–Trinajstić information content (AvgIpc) is 2.40. The maximum atomic E-state index is 13.7. The first-order valence-corrected chi connectivity index (χ1v) is 6.60. The molecule has 0 spiro atoms. The molecule has 0 aliphatic rings. The molecular formula is C17H20FNO. The summed E-state index contributed by atoms with van der Waals surface area (Å²) in [6.07, 6.45) is 0. The molecule has 0 saturated heterocycles. The standard InChI is InChI=1S/C17H20FNO/c1-10-5-6-13(9-15(10)18)16(19)14-7-11(2)17(20-4)12(3)8-14/h5-9,16H,19H2,1-4H3. The number of aryl methyl sites for hydroxylation is 3. The highest BCUT2D eigenvalue weighted by molar-refractivity contribution is 5.46. The summed E-state index contributed by atoms with van der Waals surface area (Å²) in [5, 5.41) is 0. The average molecular weight is 273 g/mol. The van der Waals surface area contributed by atoms with Crippen molar-refractivity contribution in [3.63, 3.8) is 0 Å². The lowest BCUT2D eigenvalue weighted by atomic mass is 9.95. The van der Waals surface area contributed by atoms with Gasteiger partial charge < -0.3 is 10.5 Å². The van der Waals surface area contributed by atoms with Crippen molar-refractivity contribution in [3.05, 3.63) is 64.0 Å². The molecule has 1 atom stereocenters. The zero-order chi connectivity index (χ0) is 14.9. The van der Waals surface area contributed by atoms with Crippen molar-refractivity contribution in [1.29, 1.82) is 0 Å². The number of ether oxygens (including phenoxy) is 1. The Morgan fingerprint density at radius 3 is 2.05 bits per heavy atom. The van der Waals surface area contributed by atoms with Gasteiger partial charge in [-0.3, -0.25) is 0 Å². The van der Waals surface area contributed by atoms with E-state index in [-0.39, 0.29) is 11.9 Å². The summed E-state index contributed by atoms with van der Waals surface area (Å²) in [6, 6.07) is 8.79. The van der Waals surface area contributed by atoms with E-state index < -0.39 is 0 Å². The lowest BCUT2D eigenvalue weighted by Crippen LogP contribution is -2.13. The van der Waals surface area contributed by atoms with Crippen LogP contribution in [0, 0.1) is 26.6 Å². The topological polar surface area (TPSA) is 35.2 Å². The molecule has 0 radical (unpaired) electrons. The molecule has 0 amide bonds. The van der Waals surface area contributed by atoms with Crippen LogP contribution >= 0.6 is 0 Å². The maximum absolute atomic E-state index is 13.7. The normalized spacial score (nSPS) is 12.3. The monoisotopic (exact) mass is 273 g/mol. The quantitative estimate of drug-likeness (QED) is 0.923. The minimum absolute atomic E-state index is 0.222. The zero-order valence-corrected chi connectivity index (χ0v) is 12.3. The first-order chi connectivity index (χ1) is 9.43. The molecular weight excluding hydrogens is 253 g/mol. The fraction of sp³-hybridized carbons (Fsp3) is 0.294. The Bertz CT molecular complexity index is 614. The molecule has 0 aliphatic carbocycles. The van der Waals surface area contributed by atoms with Crippen LogP contribution in [0.15, 0.2) is 30.3 Å². The van der Waals surface area contributed by atoms with Gasteiger partial charge in [0, 0.05) is 0 Å². The zero-order valence-electron chi connectivity index (χ0n) is 12.3. The third-order valence-electron chi connectivity index (χ3n) is 3.60. The van der Waals surface area contributed by atoms with E-state index >= 15 is 0 Å². The van der Waals surface area contributed by atoms with Crippen LogP contribution in [0.1, 0.15) is 33.9 Å². The lowest BCUT2D eigenvalue weighted by Gasteiger charge is -2.17. The fourth-order valence-electron chi connectivity index (χ4n) is 2.48. The van der Waals surface area contributed by atoms with Gasteiger partial charge in [0.15, 0.2) is 0 Å². The van der Waals surface area contributed by atoms with Crippen LogP contribution in [-0.4, -0.2) is 7.11 Å². The van der Waals surface area contributed by atoms with Gasteiger partial charge in [-0.25, -0.2) is 4.39 Å². The fourth-order valence-corrected chi connectivity index (χ4v) is 2.48. The van der Waals surface area contributed by atoms with Crippen molar-refractivity contribution in [3.8, 4) is 5.75 Å². The number of methoxy groups -OCH3 is 1. The summed E-state index contributed by atoms with van der Waals surface area (Å²) in [5.74, 6) is 0.649. The molecule has 2 aromatic carbocycles. The van der Waals surface area contributed by atoms with Gasteiger partial charge in [-0.15, -0.1) is 0 Å². The molecule has 2 rings (SSSR count). The van der Waals surface area contributed by atoms with Crippen LogP contribution in [0.3, 0.4) is 0 Å². The van der Waals surface area contributed by atoms with Crippen LogP contribution in [-0.2, 0) is 0 Å². The molecule has 3 heteroatoms. The van der Waals surface area contributed by atoms with Crippen LogP contribution in [0.25, 0.3) is 0 Å². The maximum Gasteiger partial charge on any atom is 0.126 e. The highest BCUT2D eigenvalue weighted by atomic mass is 19.1. The number of hydrogen-bond acceptors (Lipinski definition) is 2. The molecule has 0 fully saturated rings. The Morgan fingerprint density at radius 2 is 1.55 bits per heavy atom. The largest absolute Gasteiger partial charge is 0.496 e. The molecule has 0 aromatic heterocycles. The molecule has 0 saturated carbocycles. The number of benzene rings is 2. The van der Waals surface area contributed by atoms with Gasteiger partial charge in [0.05, 0.1) is 13.2 Å². The highest BCUT2D eigenvalue weighted by Gasteiger charge is 2.14. The van der Waals surface area contributed by atoms with E-state index in [0.717, 1.165) is 28.0 Å². The van der Waals surface area contributed by atoms with Gasteiger partial charge >= 0.3 is 0 Å². The molecule has 0 bridgehead atoms. The third kappa shape index (κ3) is 2.68. The van der Waals surface area contributed by atoms with Crippen LogP contribution in [0.5, 0.6) is 5.75 Å². The van der Waals surface area contributed by atoms with Crippen molar-refractivity contribution in [2.24, 2.45) is 5.73 Å². The first-order valence-electron chi connectivity index (χ1n) is 6.60. The first kappa shape index (κ1) is 14.5.